The van der Waals surface area contributed by atoms with E-state index in [0.717, 1.165) is 28.0 Å². The maximum Gasteiger partial charge on any atom is 0.160 e. The summed E-state index contributed by atoms with van der Waals surface area (Å²) in [6.45, 7) is 4.20. The van der Waals surface area contributed by atoms with Gasteiger partial charge in [-0.15, -0.1) is 0 Å². The topological polar surface area (TPSA) is 69.2 Å². The standard InChI is InChI=1S/C22H22FN5O/c1-14(2)27-20(15-7-9-18(29-3)10-8-15)12-19-21(27)25-13-26-22(19)28(24)17-6-4-5-16(23)11-17/h4-14H,24H2,1-3H3. The van der Waals surface area contributed by atoms with Crippen LogP contribution < -0.4 is 15.6 Å². The van der Waals surface area contributed by atoms with Gasteiger partial charge in [0.15, 0.2) is 5.82 Å². The lowest BCUT2D eigenvalue weighted by Gasteiger charge is -2.18. The molecule has 0 fully saturated rings. The van der Waals surface area contributed by atoms with Gasteiger partial charge in [-0.3, -0.25) is 5.01 Å². The van der Waals surface area contributed by atoms with Crippen LogP contribution in [0.1, 0.15) is 19.9 Å². The molecule has 0 unspecified atom stereocenters. The Hall–Kier alpha value is -3.45. The van der Waals surface area contributed by atoms with Crippen molar-refractivity contribution >= 4 is 22.5 Å². The zero-order valence-electron chi connectivity index (χ0n) is 16.5. The van der Waals surface area contributed by atoms with Crippen LogP contribution in [0.4, 0.5) is 15.9 Å². The summed E-state index contributed by atoms with van der Waals surface area (Å²) in [6, 6.07) is 16.1. The molecule has 0 amide bonds. The van der Waals surface area contributed by atoms with Gasteiger partial charge in [0.05, 0.1) is 23.9 Å². The number of rotatable bonds is 5. The van der Waals surface area contributed by atoms with Gasteiger partial charge in [-0.1, -0.05) is 6.07 Å². The first-order valence-corrected chi connectivity index (χ1v) is 9.30. The van der Waals surface area contributed by atoms with Crippen LogP contribution in [0.2, 0.25) is 0 Å². The summed E-state index contributed by atoms with van der Waals surface area (Å²) < 4.78 is 21.1. The van der Waals surface area contributed by atoms with E-state index in [1.54, 1.807) is 19.2 Å². The highest BCUT2D eigenvalue weighted by atomic mass is 19.1. The van der Waals surface area contributed by atoms with Gasteiger partial charge >= 0.3 is 0 Å². The Balaban J connectivity index is 1.90. The smallest absolute Gasteiger partial charge is 0.160 e. The highest BCUT2D eigenvalue weighted by Crippen LogP contribution is 2.35. The van der Waals surface area contributed by atoms with E-state index < -0.39 is 0 Å². The van der Waals surface area contributed by atoms with Gasteiger partial charge in [-0.2, -0.15) is 0 Å². The number of benzene rings is 2. The Kier molecular flexibility index (Phi) is 4.90. The summed E-state index contributed by atoms with van der Waals surface area (Å²) in [5, 5.41) is 2.18. The third kappa shape index (κ3) is 3.40. The molecule has 2 aromatic carbocycles. The van der Waals surface area contributed by atoms with Crippen LogP contribution in [0.3, 0.4) is 0 Å². The van der Waals surface area contributed by atoms with E-state index in [0.29, 0.717) is 11.5 Å². The molecule has 7 heteroatoms. The van der Waals surface area contributed by atoms with Crippen molar-refractivity contribution in [2.75, 3.05) is 12.1 Å². The van der Waals surface area contributed by atoms with Crippen molar-refractivity contribution in [2.24, 2.45) is 5.84 Å². The summed E-state index contributed by atoms with van der Waals surface area (Å²) in [5.74, 6) is 7.26. The lowest BCUT2D eigenvalue weighted by molar-refractivity contribution is 0.415. The number of methoxy groups -OCH3 is 1. The van der Waals surface area contributed by atoms with Crippen LogP contribution in [0.5, 0.6) is 5.75 Å². The molecular formula is C22H22FN5O. The highest BCUT2D eigenvalue weighted by molar-refractivity contribution is 5.94. The maximum atomic E-state index is 13.7. The zero-order chi connectivity index (χ0) is 20.5. The molecule has 0 atom stereocenters. The number of ether oxygens (including phenoxy) is 1. The fourth-order valence-corrected chi connectivity index (χ4v) is 3.47. The largest absolute Gasteiger partial charge is 0.497 e. The molecule has 0 aliphatic carbocycles. The van der Waals surface area contributed by atoms with E-state index in [9.17, 15) is 4.39 Å². The van der Waals surface area contributed by atoms with Crippen LogP contribution in [0.25, 0.3) is 22.3 Å². The second-order valence-corrected chi connectivity index (χ2v) is 7.01. The van der Waals surface area contributed by atoms with Crippen LogP contribution in [0.15, 0.2) is 60.9 Å². The number of hydrogen-bond acceptors (Lipinski definition) is 5. The Bertz CT molecular complexity index is 1150. The first-order chi connectivity index (χ1) is 14.0. The van der Waals surface area contributed by atoms with E-state index in [1.165, 1.54) is 23.5 Å². The number of anilines is 2. The molecule has 0 spiro atoms. The predicted molar refractivity (Wildman–Crippen MR) is 113 cm³/mol. The van der Waals surface area contributed by atoms with Crippen molar-refractivity contribution in [3.63, 3.8) is 0 Å². The molecule has 2 heterocycles. The summed E-state index contributed by atoms with van der Waals surface area (Å²) >= 11 is 0. The number of halogens is 1. The van der Waals surface area contributed by atoms with E-state index in [4.69, 9.17) is 10.6 Å². The second-order valence-electron chi connectivity index (χ2n) is 7.01. The molecule has 0 aliphatic heterocycles. The molecule has 2 aromatic heterocycles. The average molecular weight is 391 g/mol. The molecule has 0 bridgehead atoms. The number of nitrogens with two attached hydrogens (primary N) is 1. The lowest BCUT2D eigenvalue weighted by Crippen LogP contribution is -2.26. The minimum absolute atomic E-state index is 0.160. The number of aromatic nitrogens is 3. The van der Waals surface area contributed by atoms with Gasteiger partial charge in [0.2, 0.25) is 0 Å². The van der Waals surface area contributed by atoms with Crippen molar-refractivity contribution in [3.05, 3.63) is 66.7 Å². The molecule has 0 saturated heterocycles. The van der Waals surface area contributed by atoms with E-state index >= 15 is 0 Å². The average Bonchev–Trinajstić information content (AvgIpc) is 3.13. The fraction of sp³-hybridized carbons (Fsp3) is 0.182. The van der Waals surface area contributed by atoms with Crippen molar-refractivity contribution in [1.82, 2.24) is 14.5 Å². The first-order valence-electron chi connectivity index (χ1n) is 9.30. The van der Waals surface area contributed by atoms with Gasteiger partial charge < -0.3 is 9.30 Å². The Morgan fingerprint density at radius 2 is 1.83 bits per heavy atom. The van der Waals surface area contributed by atoms with Crippen LogP contribution in [-0.2, 0) is 0 Å². The number of nitrogens with zero attached hydrogens (tertiary/aromatic N) is 4. The molecule has 4 aromatic rings. The van der Waals surface area contributed by atoms with Crippen molar-refractivity contribution in [2.45, 2.75) is 19.9 Å². The molecule has 2 N–H and O–H groups in total. The third-order valence-electron chi connectivity index (χ3n) is 4.83. The van der Waals surface area contributed by atoms with Gasteiger partial charge in [0, 0.05) is 6.04 Å². The minimum Gasteiger partial charge on any atom is -0.497 e. The molecule has 29 heavy (non-hydrogen) atoms. The SMILES string of the molecule is COc1ccc(-c2cc3c(N(N)c4cccc(F)c4)ncnc3n2C(C)C)cc1. The normalized spacial score (nSPS) is 11.2. The number of fused-ring (bicyclic) bond motifs is 1. The zero-order valence-corrected chi connectivity index (χ0v) is 16.5. The Labute approximate surface area is 168 Å². The van der Waals surface area contributed by atoms with Gasteiger partial charge in [0.25, 0.3) is 0 Å². The Morgan fingerprint density at radius 3 is 2.48 bits per heavy atom. The molecule has 148 valence electrons. The maximum absolute atomic E-state index is 13.7. The molecule has 4 rings (SSSR count). The van der Waals surface area contributed by atoms with Gasteiger partial charge in [-0.05, 0) is 67.9 Å². The molecule has 0 saturated carbocycles. The minimum atomic E-state index is -0.359. The second kappa shape index (κ2) is 7.52. The van der Waals surface area contributed by atoms with Crippen LogP contribution in [0, 0.1) is 5.82 Å². The molecular weight excluding hydrogens is 369 g/mol. The van der Waals surface area contributed by atoms with Crippen LogP contribution in [-0.4, -0.2) is 21.6 Å². The molecule has 6 nitrogen and oxygen atoms in total. The van der Waals surface area contributed by atoms with Crippen molar-refractivity contribution in [1.29, 1.82) is 0 Å². The molecule has 0 aliphatic rings. The Morgan fingerprint density at radius 1 is 1.07 bits per heavy atom. The van der Waals surface area contributed by atoms with E-state index in [-0.39, 0.29) is 11.9 Å². The number of hydrazine groups is 1. The van der Waals surface area contributed by atoms with Crippen molar-refractivity contribution < 1.29 is 9.13 Å². The van der Waals surface area contributed by atoms with E-state index in [1.807, 2.05) is 30.3 Å². The van der Waals surface area contributed by atoms with Gasteiger partial charge in [-0.25, -0.2) is 20.2 Å². The first kappa shape index (κ1) is 18.9. The van der Waals surface area contributed by atoms with Gasteiger partial charge in [0.1, 0.15) is 23.5 Å². The summed E-state index contributed by atoms with van der Waals surface area (Å²) in [4.78, 5) is 8.89. The monoisotopic (exact) mass is 391 g/mol. The van der Waals surface area contributed by atoms with E-state index in [2.05, 4.69) is 28.4 Å². The third-order valence-corrected chi connectivity index (χ3v) is 4.83. The quantitative estimate of drug-likeness (QED) is 0.389. The summed E-state index contributed by atoms with van der Waals surface area (Å²) in [6.07, 6.45) is 1.48. The summed E-state index contributed by atoms with van der Waals surface area (Å²) in [5.41, 5.74) is 3.29. The predicted octanol–water partition coefficient (Wildman–Crippen LogP) is 4.84. The summed E-state index contributed by atoms with van der Waals surface area (Å²) in [7, 11) is 1.64. The number of hydrogen-bond donors (Lipinski definition) is 1. The van der Waals surface area contributed by atoms with Crippen LogP contribution >= 0.6 is 0 Å². The lowest BCUT2D eigenvalue weighted by atomic mass is 10.1. The van der Waals surface area contributed by atoms with Crippen molar-refractivity contribution in [3.8, 4) is 17.0 Å². The fourth-order valence-electron chi connectivity index (χ4n) is 3.47. The molecule has 0 radical (unpaired) electrons. The highest BCUT2D eigenvalue weighted by Gasteiger charge is 2.20.